The van der Waals surface area contributed by atoms with Gasteiger partial charge in [-0.15, -0.1) is 0 Å². The van der Waals surface area contributed by atoms with Gasteiger partial charge in [0.25, 0.3) is 0 Å². The van der Waals surface area contributed by atoms with Crippen LogP contribution in [0.5, 0.6) is 0 Å². The summed E-state index contributed by atoms with van der Waals surface area (Å²) in [4.78, 5) is 0. The third-order valence-electron chi connectivity index (χ3n) is 2.64. The minimum Gasteiger partial charge on any atom is -0.384 e. The van der Waals surface area contributed by atoms with Gasteiger partial charge in [-0.3, -0.25) is 0 Å². The lowest BCUT2D eigenvalue weighted by Crippen LogP contribution is -2.15. The van der Waals surface area contributed by atoms with Crippen LogP contribution in [0, 0.1) is 18.3 Å². The Kier molecular flexibility index (Phi) is 3.42. The normalized spacial score (nSPS) is 13.9. The van der Waals surface area contributed by atoms with Crippen LogP contribution in [0.25, 0.3) is 5.69 Å². The van der Waals surface area contributed by atoms with E-state index in [1.165, 1.54) is 6.20 Å². The Morgan fingerprint density at radius 2 is 2.17 bits per heavy atom. The Labute approximate surface area is 105 Å². The molecule has 0 aliphatic rings. The molecule has 5 nitrogen and oxygen atoms in total. The fourth-order valence-electron chi connectivity index (χ4n) is 1.65. The van der Waals surface area contributed by atoms with Gasteiger partial charge in [-0.05, 0) is 24.6 Å². The van der Waals surface area contributed by atoms with E-state index in [1.807, 2.05) is 31.2 Å². The maximum Gasteiger partial charge on any atom is 0.170 e. The van der Waals surface area contributed by atoms with E-state index >= 15 is 0 Å². The summed E-state index contributed by atoms with van der Waals surface area (Å²) in [5.74, 6) is 0. The number of nitriles is 1. The van der Waals surface area contributed by atoms with E-state index in [2.05, 4.69) is 5.10 Å². The maximum absolute atomic E-state index is 9.68. The van der Waals surface area contributed by atoms with Crippen LogP contribution in [0.15, 0.2) is 36.7 Å². The van der Waals surface area contributed by atoms with E-state index in [0.717, 1.165) is 11.3 Å². The SMILES string of the molecule is Cc1cccc(-n2cc(C(O)C(O)C#N)cn2)c1. The van der Waals surface area contributed by atoms with E-state index in [0.29, 0.717) is 5.56 Å². The van der Waals surface area contributed by atoms with Crippen LogP contribution >= 0.6 is 0 Å². The lowest BCUT2D eigenvalue weighted by atomic mass is 10.1. The Morgan fingerprint density at radius 3 is 2.83 bits per heavy atom. The van der Waals surface area contributed by atoms with Crippen molar-refractivity contribution in [2.24, 2.45) is 0 Å². The largest absolute Gasteiger partial charge is 0.384 e. The van der Waals surface area contributed by atoms with Crippen LogP contribution < -0.4 is 0 Å². The summed E-state index contributed by atoms with van der Waals surface area (Å²) in [5, 5.41) is 31.6. The van der Waals surface area contributed by atoms with Crippen LogP contribution in [0.4, 0.5) is 0 Å². The molecular weight excluding hydrogens is 230 g/mol. The third kappa shape index (κ3) is 2.40. The number of aliphatic hydroxyl groups is 2. The molecule has 2 rings (SSSR count). The number of aliphatic hydroxyl groups excluding tert-OH is 2. The molecule has 2 N–H and O–H groups in total. The lowest BCUT2D eigenvalue weighted by molar-refractivity contribution is 0.0528. The molecule has 5 heteroatoms. The van der Waals surface area contributed by atoms with Gasteiger partial charge in [0.05, 0.1) is 18.0 Å². The molecule has 2 atom stereocenters. The highest BCUT2D eigenvalue weighted by atomic mass is 16.3. The lowest BCUT2D eigenvalue weighted by Gasteiger charge is -2.08. The first-order chi connectivity index (χ1) is 8.61. The van der Waals surface area contributed by atoms with Crippen molar-refractivity contribution in [3.8, 4) is 11.8 Å². The number of rotatable bonds is 3. The Hall–Kier alpha value is -2.16. The van der Waals surface area contributed by atoms with Crippen LogP contribution in [0.1, 0.15) is 17.2 Å². The summed E-state index contributed by atoms with van der Waals surface area (Å²) in [5.41, 5.74) is 2.37. The van der Waals surface area contributed by atoms with Crippen molar-refractivity contribution in [1.82, 2.24) is 9.78 Å². The molecular formula is C13H13N3O2. The topological polar surface area (TPSA) is 82.1 Å². The number of hydrogen-bond acceptors (Lipinski definition) is 4. The molecule has 0 radical (unpaired) electrons. The van der Waals surface area contributed by atoms with Gasteiger partial charge in [0, 0.05) is 11.8 Å². The van der Waals surface area contributed by atoms with Crippen LogP contribution in [-0.4, -0.2) is 26.1 Å². The van der Waals surface area contributed by atoms with Crippen molar-refractivity contribution in [3.05, 3.63) is 47.8 Å². The molecule has 0 amide bonds. The second-order valence-corrected chi connectivity index (χ2v) is 4.08. The molecule has 0 spiro atoms. The summed E-state index contributed by atoms with van der Waals surface area (Å²) in [6.45, 7) is 1.97. The zero-order valence-corrected chi connectivity index (χ0v) is 9.85. The van der Waals surface area contributed by atoms with Crippen molar-refractivity contribution in [3.63, 3.8) is 0 Å². The molecule has 1 heterocycles. The third-order valence-corrected chi connectivity index (χ3v) is 2.64. The molecule has 0 aliphatic carbocycles. The van der Waals surface area contributed by atoms with Crippen LogP contribution in [-0.2, 0) is 0 Å². The van der Waals surface area contributed by atoms with Crippen molar-refractivity contribution in [2.45, 2.75) is 19.1 Å². The summed E-state index contributed by atoms with van der Waals surface area (Å²) in [6.07, 6.45) is 0.349. The molecule has 0 saturated carbocycles. The maximum atomic E-state index is 9.68. The van der Waals surface area contributed by atoms with Crippen molar-refractivity contribution in [2.75, 3.05) is 0 Å². The van der Waals surface area contributed by atoms with E-state index in [4.69, 9.17) is 5.26 Å². The van der Waals surface area contributed by atoms with Gasteiger partial charge in [0.1, 0.15) is 6.10 Å². The molecule has 0 saturated heterocycles. The van der Waals surface area contributed by atoms with Crippen LogP contribution in [0.3, 0.4) is 0 Å². The molecule has 2 aromatic rings. The highest BCUT2D eigenvalue weighted by Crippen LogP contribution is 2.18. The van der Waals surface area contributed by atoms with E-state index in [-0.39, 0.29) is 0 Å². The fourth-order valence-corrected chi connectivity index (χ4v) is 1.65. The summed E-state index contributed by atoms with van der Waals surface area (Å²) < 4.78 is 1.59. The Morgan fingerprint density at radius 1 is 1.39 bits per heavy atom. The van der Waals surface area contributed by atoms with E-state index in [1.54, 1.807) is 16.9 Å². The van der Waals surface area contributed by atoms with Gasteiger partial charge < -0.3 is 10.2 Å². The van der Waals surface area contributed by atoms with Gasteiger partial charge in [0.15, 0.2) is 6.10 Å². The first-order valence-electron chi connectivity index (χ1n) is 5.49. The standard InChI is InChI=1S/C13H13N3O2/c1-9-3-2-4-11(5-9)16-8-10(7-15-16)13(18)12(17)6-14/h2-5,7-8,12-13,17-18H,1H3. The molecule has 0 aliphatic heterocycles. The minimum atomic E-state index is -1.44. The average Bonchev–Trinajstić information content (AvgIpc) is 2.86. The van der Waals surface area contributed by atoms with Gasteiger partial charge in [0.2, 0.25) is 0 Å². The monoisotopic (exact) mass is 243 g/mol. The molecule has 0 bridgehead atoms. The summed E-state index contributed by atoms with van der Waals surface area (Å²) in [6, 6.07) is 9.31. The van der Waals surface area contributed by atoms with Gasteiger partial charge in [-0.1, -0.05) is 12.1 Å². The molecule has 92 valence electrons. The number of aromatic nitrogens is 2. The van der Waals surface area contributed by atoms with E-state index in [9.17, 15) is 10.2 Å². The number of aryl methyl sites for hydroxylation is 1. The predicted molar refractivity (Wildman–Crippen MR) is 64.9 cm³/mol. The smallest absolute Gasteiger partial charge is 0.170 e. The van der Waals surface area contributed by atoms with Crippen LogP contribution in [0.2, 0.25) is 0 Å². The second-order valence-electron chi connectivity index (χ2n) is 4.08. The summed E-state index contributed by atoms with van der Waals surface area (Å²) in [7, 11) is 0. The first-order valence-corrected chi connectivity index (χ1v) is 5.49. The van der Waals surface area contributed by atoms with Gasteiger partial charge >= 0.3 is 0 Å². The fraction of sp³-hybridized carbons (Fsp3) is 0.231. The average molecular weight is 243 g/mol. The van der Waals surface area contributed by atoms with E-state index < -0.39 is 12.2 Å². The molecule has 2 unspecified atom stereocenters. The predicted octanol–water partition coefficient (Wildman–Crippen LogP) is 1.10. The van der Waals surface area contributed by atoms with Gasteiger partial charge in [-0.2, -0.15) is 10.4 Å². The van der Waals surface area contributed by atoms with Crippen molar-refractivity contribution in [1.29, 1.82) is 5.26 Å². The Balaban J connectivity index is 2.29. The number of hydrogen-bond donors (Lipinski definition) is 2. The minimum absolute atomic E-state index is 0.408. The van der Waals surface area contributed by atoms with Crippen molar-refractivity contribution < 1.29 is 10.2 Å². The highest BCUT2D eigenvalue weighted by molar-refractivity contribution is 5.35. The highest BCUT2D eigenvalue weighted by Gasteiger charge is 2.19. The zero-order valence-electron chi connectivity index (χ0n) is 9.85. The molecule has 18 heavy (non-hydrogen) atoms. The Bertz CT molecular complexity index is 586. The number of nitrogens with zero attached hydrogens (tertiary/aromatic N) is 3. The van der Waals surface area contributed by atoms with Crippen molar-refractivity contribution >= 4 is 0 Å². The zero-order chi connectivity index (χ0) is 13.1. The second kappa shape index (κ2) is 5.00. The summed E-state index contributed by atoms with van der Waals surface area (Å²) >= 11 is 0. The van der Waals surface area contributed by atoms with Gasteiger partial charge in [-0.25, -0.2) is 4.68 Å². The first kappa shape index (κ1) is 12.3. The molecule has 1 aromatic heterocycles. The number of benzene rings is 1. The quantitative estimate of drug-likeness (QED) is 0.791. The molecule has 0 fully saturated rings. The molecule has 1 aromatic carbocycles.